The van der Waals surface area contributed by atoms with Crippen LogP contribution in [0.3, 0.4) is 0 Å². The van der Waals surface area contributed by atoms with E-state index in [0.717, 1.165) is 25.1 Å². The first kappa shape index (κ1) is 15.0. The number of anilines is 1. The van der Waals surface area contributed by atoms with Crippen LogP contribution in [-0.2, 0) is 9.84 Å². The van der Waals surface area contributed by atoms with E-state index < -0.39 is 9.84 Å². The molecule has 1 N–H and O–H groups in total. The monoisotopic (exact) mass is 269 g/mol. The van der Waals surface area contributed by atoms with Crippen LogP contribution in [0.25, 0.3) is 0 Å². The average Bonchev–Trinajstić information content (AvgIpc) is 2.35. The van der Waals surface area contributed by atoms with Gasteiger partial charge >= 0.3 is 0 Å². The van der Waals surface area contributed by atoms with Crippen LogP contribution in [0.1, 0.15) is 33.6 Å². The van der Waals surface area contributed by atoms with Crippen LogP contribution in [0.2, 0.25) is 0 Å². The summed E-state index contributed by atoms with van der Waals surface area (Å²) in [6.45, 7) is 6.87. The standard InChI is InChI=1S/C14H23NO2S/c1-4-18(16,17)14-10-6-5-9-13(14)15-11-7-8-12(2)3/h5-6,9-10,12,15H,4,7-8,11H2,1-3H3. The van der Waals surface area contributed by atoms with Gasteiger partial charge in [0, 0.05) is 6.54 Å². The maximum absolute atomic E-state index is 11.9. The SMILES string of the molecule is CCS(=O)(=O)c1ccccc1NCCCC(C)C. The molecule has 0 fully saturated rings. The number of hydrogen-bond acceptors (Lipinski definition) is 3. The topological polar surface area (TPSA) is 46.2 Å². The molecule has 18 heavy (non-hydrogen) atoms. The number of benzene rings is 1. The Labute approximate surface area is 111 Å². The highest BCUT2D eigenvalue weighted by Crippen LogP contribution is 2.22. The summed E-state index contributed by atoms with van der Waals surface area (Å²) in [4.78, 5) is 0.414. The summed E-state index contributed by atoms with van der Waals surface area (Å²) in [5, 5.41) is 3.23. The zero-order valence-corrected chi connectivity index (χ0v) is 12.3. The van der Waals surface area contributed by atoms with Crippen molar-refractivity contribution >= 4 is 15.5 Å². The summed E-state index contributed by atoms with van der Waals surface area (Å²) >= 11 is 0. The Morgan fingerprint density at radius 3 is 2.50 bits per heavy atom. The summed E-state index contributed by atoms with van der Waals surface area (Å²) in [6.07, 6.45) is 2.20. The third-order valence-corrected chi connectivity index (χ3v) is 4.66. The molecule has 1 aromatic rings. The van der Waals surface area contributed by atoms with Crippen LogP contribution < -0.4 is 5.32 Å². The number of nitrogens with one attached hydrogen (secondary N) is 1. The molecule has 0 aromatic heterocycles. The summed E-state index contributed by atoms with van der Waals surface area (Å²) in [7, 11) is -3.14. The molecular formula is C14H23NO2S. The average molecular weight is 269 g/mol. The van der Waals surface area contributed by atoms with E-state index in [1.165, 1.54) is 0 Å². The van der Waals surface area contributed by atoms with E-state index in [2.05, 4.69) is 19.2 Å². The summed E-state index contributed by atoms with van der Waals surface area (Å²) in [5.74, 6) is 0.818. The predicted molar refractivity (Wildman–Crippen MR) is 76.7 cm³/mol. The van der Waals surface area contributed by atoms with Gasteiger partial charge in [-0.25, -0.2) is 8.42 Å². The second kappa shape index (κ2) is 6.78. The van der Waals surface area contributed by atoms with Crippen molar-refractivity contribution in [1.29, 1.82) is 0 Å². The summed E-state index contributed by atoms with van der Waals surface area (Å²) in [6, 6.07) is 7.13. The van der Waals surface area contributed by atoms with E-state index in [0.29, 0.717) is 10.8 Å². The van der Waals surface area contributed by atoms with Gasteiger partial charge in [0.25, 0.3) is 0 Å². The molecule has 3 nitrogen and oxygen atoms in total. The van der Waals surface area contributed by atoms with E-state index in [-0.39, 0.29) is 5.75 Å². The Bertz CT molecular complexity index is 466. The van der Waals surface area contributed by atoms with E-state index in [1.807, 2.05) is 12.1 Å². The molecule has 1 aromatic carbocycles. The Kier molecular flexibility index (Phi) is 5.66. The molecule has 1 rings (SSSR count). The molecule has 0 heterocycles. The quantitative estimate of drug-likeness (QED) is 0.772. The number of sulfone groups is 1. The highest BCUT2D eigenvalue weighted by molar-refractivity contribution is 7.91. The Morgan fingerprint density at radius 1 is 1.22 bits per heavy atom. The summed E-state index contributed by atoms with van der Waals surface area (Å²) < 4.78 is 23.8. The first-order valence-electron chi connectivity index (χ1n) is 6.53. The Balaban J connectivity index is 2.72. The van der Waals surface area contributed by atoms with Crippen LogP contribution in [0, 0.1) is 5.92 Å². The normalized spacial score (nSPS) is 11.8. The fourth-order valence-corrected chi connectivity index (χ4v) is 2.84. The molecule has 0 bridgehead atoms. The van der Waals surface area contributed by atoms with E-state index in [4.69, 9.17) is 0 Å². The molecule has 0 aliphatic rings. The molecule has 0 saturated heterocycles. The lowest BCUT2D eigenvalue weighted by atomic mass is 10.1. The minimum Gasteiger partial charge on any atom is -0.384 e. The van der Waals surface area contributed by atoms with Crippen molar-refractivity contribution in [3.8, 4) is 0 Å². The van der Waals surface area contributed by atoms with Gasteiger partial charge in [0.1, 0.15) is 0 Å². The van der Waals surface area contributed by atoms with Gasteiger partial charge < -0.3 is 5.32 Å². The van der Waals surface area contributed by atoms with Gasteiger partial charge in [-0.2, -0.15) is 0 Å². The smallest absolute Gasteiger partial charge is 0.180 e. The van der Waals surface area contributed by atoms with Crippen LogP contribution in [0.5, 0.6) is 0 Å². The molecule has 0 radical (unpaired) electrons. The van der Waals surface area contributed by atoms with E-state index >= 15 is 0 Å². The zero-order chi connectivity index (χ0) is 13.6. The Morgan fingerprint density at radius 2 is 1.89 bits per heavy atom. The van der Waals surface area contributed by atoms with Gasteiger partial charge in [-0.15, -0.1) is 0 Å². The minimum absolute atomic E-state index is 0.137. The minimum atomic E-state index is -3.14. The van der Waals surface area contributed by atoms with Gasteiger partial charge in [0.2, 0.25) is 0 Å². The fourth-order valence-electron chi connectivity index (χ4n) is 1.77. The highest BCUT2D eigenvalue weighted by Gasteiger charge is 2.15. The highest BCUT2D eigenvalue weighted by atomic mass is 32.2. The molecular weight excluding hydrogens is 246 g/mol. The van der Waals surface area contributed by atoms with Gasteiger partial charge in [-0.3, -0.25) is 0 Å². The van der Waals surface area contributed by atoms with E-state index in [1.54, 1.807) is 19.1 Å². The zero-order valence-electron chi connectivity index (χ0n) is 11.4. The van der Waals surface area contributed by atoms with E-state index in [9.17, 15) is 8.42 Å². The van der Waals surface area contributed by atoms with Crippen LogP contribution in [-0.4, -0.2) is 20.7 Å². The molecule has 0 unspecified atom stereocenters. The van der Waals surface area contributed by atoms with Crippen molar-refractivity contribution in [2.24, 2.45) is 5.92 Å². The predicted octanol–water partition coefficient (Wildman–Crippen LogP) is 3.33. The third kappa shape index (κ3) is 4.33. The van der Waals surface area contributed by atoms with Crippen molar-refractivity contribution in [3.63, 3.8) is 0 Å². The van der Waals surface area contributed by atoms with Gasteiger partial charge in [0.15, 0.2) is 9.84 Å². The molecule has 0 spiro atoms. The second-order valence-corrected chi connectivity index (χ2v) is 7.11. The van der Waals surface area contributed by atoms with Crippen LogP contribution in [0.4, 0.5) is 5.69 Å². The Hall–Kier alpha value is -1.03. The van der Waals surface area contributed by atoms with Crippen molar-refractivity contribution in [2.75, 3.05) is 17.6 Å². The largest absolute Gasteiger partial charge is 0.384 e. The first-order chi connectivity index (χ1) is 8.47. The molecule has 0 atom stereocenters. The number of para-hydroxylation sites is 1. The maximum Gasteiger partial charge on any atom is 0.180 e. The molecule has 4 heteroatoms. The maximum atomic E-state index is 11.9. The lowest BCUT2D eigenvalue weighted by Gasteiger charge is -2.12. The van der Waals surface area contributed by atoms with Gasteiger partial charge in [-0.05, 0) is 30.9 Å². The van der Waals surface area contributed by atoms with Crippen molar-refractivity contribution < 1.29 is 8.42 Å². The molecule has 0 amide bonds. The second-order valence-electron chi connectivity index (χ2n) is 4.86. The number of rotatable bonds is 7. The lowest BCUT2D eigenvalue weighted by molar-refractivity contribution is 0.566. The number of hydrogen-bond donors (Lipinski definition) is 1. The van der Waals surface area contributed by atoms with Crippen molar-refractivity contribution in [2.45, 2.75) is 38.5 Å². The lowest BCUT2D eigenvalue weighted by Crippen LogP contribution is -2.10. The molecule has 0 saturated carbocycles. The fraction of sp³-hybridized carbons (Fsp3) is 0.571. The van der Waals surface area contributed by atoms with Gasteiger partial charge in [-0.1, -0.05) is 32.9 Å². The van der Waals surface area contributed by atoms with Crippen molar-refractivity contribution in [1.82, 2.24) is 0 Å². The van der Waals surface area contributed by atoms with Crippen LogP contribution >= 0.6 is 0 Å². The third-order valence-electron chi connectivity index (χ3n) is 2.88. The molecule has 0 aliphatic heterocycles. The summed E-state index contributed by atoms with van der Waals surface area (Å²) in [5.41, 5.74) is 0.725. The van der Waals surface area contributed by atoms with Crippen LogP contribution in [0.15, 0.2) is 29.2 Å². The molecule has 102 valence electrons. The van der Waals surface area contributed by atoms with Crippen molar-refractivity contribution in [3.05, 3.63) is 24.3 Å². The first-order valence-corrected chi connectivity index (χ1v) is 8.18. The van der Waals surface area contributed by atoms with Gasteiger partial charge in [0.05, 0.1) is 16.3 Å². The molecule has 0 aliphatic carbocycles.